The van der Waals surface area contributed by atoms with Gasteiger partial charge < -0.3 is 10.2 Å². The van der Waals surface area contributed by atoms with Crippen LogP contribution >= 0.6 is 0 Å². The number of hydrogen-bond acceptors (Lipinski definition) is 4. The van der Waals surface area contributed by atoms with Gasteiger partial charge in [-0.25, -0.2) is 13.2 Å². The van der Waals surface area contributed by atoms with Gasteiger partial charge >= 0.3 is 5.97 Å². The highest BCUT2D eigenvalue weighted by Gasteiger charge is 2.12. The molecule has 0 saturated heterocycles. The van der Waals surface area contributed by atoms with Crippen molar-refractivity contribution in [3.63, 3.8) is 0 Å². The number of rotatable bonds is 4. The van der Waals surface area contributed by atoms with Crippen LogP contribution in [0.1, 0.15) is 11.1 Å². The number of carboxylic acid groups (broad SMARTS) is 1. The molecule has 2 rings (SSSR count). The molecule has 0 heterocycles. The van der Waals surface area contributed by atoms with Crippen molar-refractivity contribution in [2.24, 2.45) is 0 Å². The maximum Gasteiger partial charge on any atom is 0.336 e. The molecule has 0 saturated carbocycles. The van der Waals surface area contributed by atoms with Crippen molar-refractivity contribution in [2.75, 3.05) is 6.26 Å². The van der Waals surface area contributed by atoms with Gasteiger partial charge in [0, 0.05) is 6.26 Å². The fraction of sp³-hybridized carbons (Fsp3) is 0.0625. The van der Waals surface area contributed by atoms with Gasteiger partial charge in [-0.05, 0) is 41.5 Å². The lowest BCUT2D eigenvalue weighted by Crippen LogP contribution is -2.01. The van der Waals surface area contributed by atoms with Crippen molar-refractivity contribution in [2.45, 2.75) is 4.90 Å². The van der Waals surface area contributed by atoms with Crippen molar-refractivity contribution in [3.8, 4) is 5.75 Å². The summed E-state index contributed by atoms with van der Waals surface area (Å²) >= 11 is 0. The molecule has 0 aliphatic carbocycles. The Morgan fingerprint density at radius 1 is 1.00 bits per heavy atom. The number of hydrogen-bond donors (Lipinski definition) is 2. The molecular formula is C16H14O5S. The Labute approximate surface area is 128 Å². The zero-order chi connectivity index (χ0) is 16.3. The third-order valence-electron chi connectivity index (χ3n) is 3.03. The van der Waals surface area contributed by atoms with Crippen LogP contribution in [0, 0.1) is 0 Å². The van der Waals surface area contributed by atoms with E-state index in [1.807, 2.05) is 0 Å². The topological polar surface area (TPSA) is 91.7 Å². The molecule has 0 unspecified atom stereocenters. The Morgan fingerprint density at radius 3 is 2.00 bits per heavy atom. The number of carbonyl (C=O) groups is 1. The van der Waals surface area contributed by atoms with E-state index in [0.29, 0.717) is 11.1 Å². The molecule has 0 bridgehead atoms. The van der Waals surface area contributed by atoms with Gasteiger partial charge in [0.25, 0.3) is 0 Å². The summed E-state index contributed by atoms with van der Waals surface area (Å²) in [4.78, 5) is 11.5. The van der Waals surface area contributed by atoms with Gasteiger partial charge in [-0.1, -0.05) is 24.3 Å². The minimum Gasteiger partial charge on any atom is -0.508 e. The summed E-state index contributed by atoms with van der Waals surface area (Å²) < 4.78 is 22.8. The van der Waals surface area contributed by atoms with Crippen molar-refractivity contribution in [3.05, 3.63) is 59.7 Å². The van der Waals surface area contributed by atoms with Gasteiger partial charge in [0.1, 0.15) is 5.75 Å². The number of aliphatic carboxylic acids is 1. The number of phenols is 1. The third kappa shape index (κ3) is 3.73. The fourth-order valence-electron chi connectivity index (χ4n) is 1.89. The van der Waals surface area contributed by atoms with Crippen LogP contribution in [0.3, 0.4) is 0 Å². The summed E-state index contributed by atoms with van der Waals surface area (Å²) in [5.41, 5.74) is 1.04. The standard InChI is InChI=1S/C16H14O5S/c1-22(20,21)14-8-4-12(5-9-14)15(16(18)19)10-11-2-6-13(17)7-3-11/h2-10,17H,1H3,(H,18,19). The monoisotopic (exact) mass is 318 g/mol. The Hall–Kier alpha value is -2.60. The number of sulfone groups is 1. The van der Waals surface area contributed by atoms with Crippen molar-refractivity contribution >= 4 is 27.5 Å². The summed E-state index contributed by atoms with van der Waals surface area (Å²) in [6, 6.07) is 11.7. The van der Waals surface area contributed by atoms with Crippen molar-refractivity contribution in [1.82, 2.24) is 0 Å². The molecule has 0 aliphatic heterocycles. The quantitative estimate of drug-likeness (QED) is 0.667. The van der Waals surface area contributed by atoms with Crippen LogP contribution in [0.15, 0.2) is 53.4 Å². The van der Waals surface area contributed by atoms with Crippen molar-refractivity contribution < 1.29 is 23.4 Å². The number of carboxylic acids is 1. The molecule has 0 aliphatic rings. The van der Waals surface area contributed by atoms with Gasteiger partial charge in [0.2, 0.25) is 0 Å². The second-order valence-electron chi connectivity index (χ2n) is 4.75. The van der Waals surface area contributed by atoms with Crippen LogP contribution < -0.4 is 0 Å². The molecule has 0 amide bonds. The molecule has 22 heavy (non-hydrogen) atoms. The Morgan fingerprint density at radius 2 is 1.55 bits per heavy atom. The highest BCUT2D eigenvalue weighted by atomic mass is 32.2. The minimum atomic E-state index is -3.32. The zero-order valence-electron chi connectivity index (χ0n) is 11.7. The van der Waals surface area contributed by atoms with Gasteiger partial charge in [-0.2, -0.15) is 0 Å². The molecular weight excluding hydrogens is 304 g/mol. The Kier molecular flexibility index (Phi) is 4.32. The molecule has 0 fully saturated rings. The van der Waals surface area contributed by atoms with Crippen LogP contribution in [0.4, 0.5) is 0 Å². The smallest absolute Gasteiger partial charge is 0.336 e. The predicted octanol–water partition coefficient (Wildman–Crippen LogP) is 2.42. The van der Waals surface area contributed by atoms with Crippen LogP contribution in [0.25, 0.3) is 11.6 Å². The number of phenolic OH excluding ortho intramolecular Hbond substituents is 1. The molecule has 5 nitrogen and oxygen atoms in total. The number of benzene rings is 2. The van der Waals surface area contributed by atoms with E-state index in [1.165, 1.54) is 42.5 Å². The van der Waals surface area contributed by atoms with E-state index in [-0.39, 0.29) is 16.2 Å². The molecule has 2 aromatic carbocycles. The van der Waals surface area contributed by atoms with E-state index in [2.05, 4.69) is 0 Å². The van der Waals surface area contributed by atoms with Gasteiger partial charge in [-0.3, -0.25) is 0 Å². The van der Waals surface area contributed by atoms with Crippen LogP contribution in [0.5, 0.6) is 5.75 Å². The Balaban J connectivity index is 2.44. The minimum absolute atomic E-state index is 0.0331. The number of aromatic hydroxyl groups is 1. The molecule has 2 aromatic rings. The molecule has 0 aromatic heterocycles. The third-order valence-corrected chi connectivity index (χ3v) is 4.16. The average Bonchev–Trinajstić information content (AvgIpc) is 2.45. The first kappa shape index (κ1) is 15.8. The molecule has 2 N–H and O–H groups in total. The van der Waals surface area contributed by atoms with Crippen LogP contribution in [-0.4, -0.2) is 30.9 Å². The average molecular weight is 318 g/mol. The first-order valence-corrected chi connectivity index (χ1v) is 8.21. The second kappa shape index (κ2) is 6.03. The SMILES string of the molecule is CS(=O)(=O)c1ccc(C(=Cc2ccc(O)cc2)C(=O)O)cc1. The summed E-state index contributed by atoms with van der Waals surface area (Å²) in [6.45, 7) is 0. The maximum atomic E-state index is 11.4. The van der Waals surface area contributed by atoms with Crippen molar-refractivity contribution in [1.29, 1.82) is 0 Å². The van der Waals surface area contributed by atoms with E-state index < -0.39 is 15.8 Å². The van der Waals surface area contributed by atoms with E-state index in [1.54, 1.807) is 12.1 Å². The van der Waals surface area contributed by atoms with E-state index in [9.17, 15) is 23.4 Å². The lowest BCUT2D eigenvalue weighted by molar-refractivity contribution is -0.130. The molecule has 0 spiro atoms. The first-order chi connectivity index (χ1) is 10.3. The molecule has 6 heteroatoms. The van der Waals surface area contributed by atoms with Gasteiger partial charge in [0.15, 0.2) is 9.84 Å². The second-order valence-corrected chi connectivity index (χ2v) is 6.77. The fourth-order valence-corrected chi connectivity index (χ4v) is 2.52. The van der Waals surface area contributed by atoms with E-state index >= 15 is 0 Å². The zero-order valence-corrected chi connectivity index (χ0v) is 12.5. The lowest BCUT2D eigenvalue weighted by atomic mass is 10.0. The summed E-state index contributed by atoms with van der Waals surface area (Å²) in [6.07, 6.45) is 2.55. The first-order valence-electron chi connectivity index (χ1n) is 6.32. The molecule has 114 valence electrons. The summed E-state index contributed by atoms with van der Waals surface area (Å²) in [7, 11) is -3.32. The predicted molar refractivity (Wildman–Crippen MR) is 83.2 cm³/mol. The molecule has 0 atom stereocenters. The highest BCUT2D eigenvalue weighted by molar-refractivity contribution is 7.90. The maximum absolute atomic E-state index is 11.4. The Bertz CT molecular complexity index is 816. The normalized spacial score (nSPS) is 12.1. The van der Waals surface area contributed by atoms with Gasteiger partial charge in [-0.15, -0.1) is 0 Å². The molecule has 0 radical (unpaired) electrons. The van der Waals surface area contributed by atoms with Crippen LogP contribution in [-0.2, 0) is 14.6 Å². The lowest BCUT2D eigenvalue weighted by Gasteiger charge is -2.05. The largest absolute Gasteiger partial charge is 0.508 e. The van der Waals surface area contributed by atoms with Crippen LogP contribution in [0.2, 0.25) is 0 Å². The van der Waals surface area contributed by atoms with E-state index in [0.717, 1.165) is 6.26 Å². The van der Waals surface area contributed by atoms with Gasteiger partial charge in [0.05, 0.1) is 10.5 Å². The summed E-state index contributed by atoms with van der Waals surface area (Å²) in [5, 5.41) is 18.6. The highest BCUT2D eigenvalue weighted by Crippen LogP contribution is 2.21. The van der Waals surface area contributed by atoms with E-state index in [4.69, 9.17) is 0 Å². The summed E-state index contributed by atoms with van der Waals surface area (Å²) in [5.74, 6) is -1.04.